The van der Waals surface area contributed by atoms with Crippen molar-refractivity contribution in [1.82, 2.24) is 0 Å². The molecule has 10 nitrogen and oxygen atoms in total. The van der Waals surface area contributed by atoms with Crippen molar-refractivity contribution in [1.29, 1.82) is 0 Å². The number of nitro groups is 1. The van der Waals surface area contributed by atoms with E-state index in [1.807, 2.05) is 0 Å². The molecule has 2 rings (SSSR count). The molecule has 0 bridgehead atoms. The second-order valence-electron chi connectivity index (χ2n) is 4.35. The van der Waals surface area contributed by atoms with E-state index in [1.54, 1.807) is 0 Å². The first-order valence-electron chi connectivity index (χ1n) is 6.31. The Balaban J connectivity index is 0.000000243. The molecule has 130 valence electrons. The predicted molar refractivity (Wildman–Crippen MR) is 83.7 cm³/mol. The SMILES string of the molecule is COc1cc(O)c(N)c(O)c1.COc1cc(O)c([N+](=O)[O-])c(O)c1. The number of rotatable bonds is 3. The van der Waals surface area contributed by atoms with Crippen molar-refractivity contribution in [2.45, 2.75) is 0 Å². The number of ether oxygens (including phenoxy) is 2. The maximum atomic E-state index is 10.3. The third-order valence-electron chi connectivity index (χ3n) is 2.81. The van der Waals surface area contributed by atoms with Crippen LogP contribution in [0.2, 0.25) is 0 Å². The van der Waals surface area contributed by atoms with E-state index in [1.165, 1.54) is 26.4 Å². The highest BCUT2D eigenvalue weighted by atomic mass is 16.6. The molecule has 0 radical (unpaired) electrons. The average molecular weight is 340 g/mol. The molecule has 0 atom stereocenters. The van der Waals surface area contributed by atoms with Crippen LogP contribution in [0.5, 0.6) is 34.5 Å². The molecule has 0 saturated carbocycles. The summed E-state index contributed by atoms with van der Waals surface area (Å²) in [7, 11) is 2.75. The normalized spacial score (nSPS) is 9.58. The minimum atomic E-state index is -0.871. The summed E-state index contributed by atoms with van der Waals surface area (Å²) < 4.78 is 9.42. The van der Waals surface area contributed by atoms with Gasteiger partial charge in [0.05, 0.1) is 19.1 Å². The van der Waals surface area contributed by atoms with Crippen LogP contribution < -0.4 is 15.2 Å². The van der Waals surface area contributed by atoms with Crippen LogP contribution in [0.4, 0.5) is 11.4 Å². The van der Waals surface area contributed by atoms with Gasteiger partial charge in [-0.15, -0.1) is 0 Å². The molecule has 0 amide bonds. The number of hydrogen-bond donors (Lipinski definition) is 5. The zero-order valence-corrected chi connectivity index (χ0v) is 12.8. The molecule has 0 aliphatic carbocycles. The van der Waals surface area contributed by atoms with Gasteiger partial charge in [0.25, 0.3) is 0 Å². The largest absolute Gasteiger partial charge is 0.506 e. The van der Waals surface area contributed by atoms with Gasteiger partial charge in [0.15, 0.2) is 0 Å². The number of nitrogen functional groups attached to an aromatic ring is 1. The van der Waals surface area contributed by atoms with Gasteiger partial charge in [-0.25, -0.2) is 0 Å². The van der Waals surface area contributed by atoms with E-state index in [2.05, 4.69) is 4.74 Å². The van der Waals surface area contributed by atoms with Crippen LogP contribution in [0.1, 0.15) is 0 Å². The Kier molecular flexibility index (Phi) is 5.88. The number of benzene rings is 2. The second kappa shape index (κ2) is 7.63. The summed E-state index contributed by atoms with van der Waals surface area (Å²) in [6.45, 7) is 0. The minimum absolute atomic E-state index is 0.0363. The summed E-state index contributed by atoms with van der Waals surface area (Å²) in [5.41, 5.74) is 4.49. The van der Waals surface area contributed by atoms with Crippen molar-refractivity contribution < 1.29 is 34.8 Å². The van der Waals surface area contributed by atoms with E-state index in [4.69, 9.17) is 30.9 Å². The molecule has 0 fully saturated rings. The number of anilines is 1. The fraction of sp³-hybridized carbons (Fsp3) is 0.143. The third kappa shape index (κ3) is 4.22. The standard InChI is InChI=1S/C7H7NO5.C7H9NO3/c1-13-4-2-5(9)7(8(11)12)6(10)3-4;1-11-4-2-5(9)7(8)6(10)3-4/h2-3,9-10H,1H3;2-3,9-10H,8H2,1H3. The maximum Gasteiger partial charge on any atom is 0.352 e. The third-order valence-corrected chi connectivity index (χ3v) is 2.81. The summed E-state index contributed by atoms with van der Waals surface area (Å²) in [6.07, 6.45) is 0. The molecule has 0 spiro atoms. The Morgan fingerprint density at radius 3 is 1.50 bits per heavy atom. The first-order valence-corrected chi connectivity index (χ1v) is 6.31. The van der Waals surface area contributed by atoms with Crippen LogP contribution in [0.15, 0.2) is 24.3 Å². The van der Waals surface area contributed by atoms with Gasteiger partial charge in [0.2, 0.25) is 11.5 Å². The Morgan fingerprint density at radius 1 is 0.875 bits per heavy atom. The van der Waals surface area contributed by atoms with E-state index in [0.29, 0.717) is 5.75 Å². The number of phenols is 4. The molecule has 6 N–H and O–H groups in total. The van der Waals surface area contributed by atoms with E-state index >= 15 is 0 Å². The molecule has 2 aromatic rings. The van der Waals surface area contributed by atoms with Crippen LogP contribution in [-0.2, 0) is 0 Å². The summed E-state index contributed by atoms with van der Waals surface area (Å²) in [5, 5.41) is 46.6. The number of nitro benzene ring substituents is 1. The van der Waals surface area contributed by atoms with E-state index in [-0.39, 0.29) is 22.9 Å². The van der Waals surface area contributed by atoms with Crippen molar-refractivity contribution in [3.63, 3.8) is 0 Å². The Labute approximate surface area is 136 Å². The first kappa shape index (κ1) is 18.5. The van der Waals surface area contributed by atoms with E-state index < -0.39 is 22.1 Å². The number of methoxy groups -OCH3 is 2. The Hall–Kier alpha value is -3.56. The predicted octanol–water partition coefficient (Wildman–Crippen LogP) is 1.70. The van der Waals surface area contributed by atoms with Crippen LogP contribution >= 0.6 is 0 Å². The first-order chi connectivity index (χ1) is 11.2. The molecule has 0 aliphatic rings. The highest BCUT2D eigenvalue weighted by Crippen LogP contribution is 2.38. The smallest absolute Gasteiger partial charge is 0.352 e. The fourth-order valence-electron chi connectivity index (χ4n) is 1.60. The number of phenolic OH excluding ortho intramolecular Hbond substituents is 4. The zero-order valence-electron chi connectivity index (χ0n) is 12.8. The minimum Gasteiger partial charge on any atom is -0.506 e. The molecular formula is C14H16N2O8. The van der Waals surface area contributed by atoms with Gasteiger partial charge >= 0.3 is 5.69 Å². The van der Waals surface area contributed by atoms with E-state index in [9.17, 15) is 10.1 Å². The lowest BCUT2D eigenvalue weighted by molar-refractivity contribution is -0.386. The Morgan fingerprint density at radius 2 is 1.21 bits per heavy atom. The van der Waals surface area contributed by atoms with Crippen molar-refractivity contribution in [2.75, 3.05) is 20.0 Å². The molecule has 2 aromatic carbocycles. The topological polar surface area (TPSA) is 169 Å². The molecule has 10 heteroatoms. The summed E-state index contributed by atoms with van der Waals surface area (Å²) >= 11 is 0. The molecule has 24 heavy (non-hydrogen) atoms. The van der Waals surface area contributed by atoms with Gasteiger partial charge in [-0.05, 0) is 0 Å². The molecule has 0 saturated heterocycles. The number of nitrogens with two attached hydrogens (primary N) is 1. The zero-order chi connectivity index (χ0) is 18.4. The van der Waals surface area contributed by atoms with Crippen molar-refractivity contribution in [3.05, 3.63) is 34.4 Å². The van der Waals surface area contributed by atoms with Gasteiger partial charge in [-0.3, -0.25) is 10.1 Å². The van der Waals surface area contributed by atoms with Crippen molar-refractivity contribution in [3.8, 4) is 34.5 Å². The average Bonchev–Trinajstić information content (AvgIpc) is 2.51. The van der Waals surface area contributed by atoms with Crippen LogP contribution in [-0.4, -0.2) is 39.6 Å². The molecule has 0 unspecified atom stereocenters. The lowest BCUT2D eigenvalue weighted by Gasteiger charge is -2.04. The van der Waals surface area contributed by atoms with Gasteiger partial charge in [-0.1, -0.05) is 0 Å². The van der Waals surface area contributed by atoms with E-state index in [0.717, 1.165) is 12.1 Å². The van der Waals surface area contributed by atoms with Crippen molar-refractivity contribution in [2.24, 2.45) is 0 Å². The van der Waals surface area contributed by atoms with Crippen molar-refractivity contribution >= 4 is 11.4 Å². The number of nitrogens with zero attached hydrogens (tertiary/aromatic N) is 1. The second-order valence-corrected chi connectivity index (χ2v) is 4.35. The Bertz CT molecular complexity index is 702. The van der Waals surface area contributed by atoms with Gasteiger partial charge in [-0.2, -0.15) is 0 Å². The molecule has 0 aliphatic heterocycles. The van der Waals surface area contributed by atoms with Crippen LogP contribution in [0.25, 0.3) is 0 Å². The monoisotopic (exact) mass is 340 g/mol. The number of aromatic hydroxyl groups is 4. The maximum absolute atomic E-state index is 10.3. The quantitative estimate of drug-likeness (QED) is 0.241. The molecule has 0 aromatic heterocycles. The van der Waals surface area contributed by atoms with Crippen LogP contribution in [0.3, 0.4) is 0 Å². The summed E-state index contributed by atoms with van der Waals surface area (Å²) in [6, 6.07) is 4.76. The highest BCUT2D eigenvalue weighted by molar-refractivity contribution is 5.64. The van der Waals surface area contributed by atoms with Gasteiger partial charge < -0.3 is 35.6 Å². The molecule has 0 heterocycles. The lowest BCUT2D eigenvalue weighted by atomic mass is 10.2. The fourth-order valence-corrected chi connectivity index (χ4v) is 1.60. The highest BCUT2D eigenvalue weighted by Gasteiger charge is 2.20. The van der Waals surface area contributed by atoms with Crippen LogP contribution in [0, 0.1) is 10.1 Å². The van der Waals surface area contributed by atoms with Gasteiger partial charge in [0, 0.05) is 24.3 Å². The summed E-state index contributed by atoms with van der Waals surface area (Å²) in [4.78, 5) is 9.42. The summed E-state index contributed by atoms with van der Waals surface area (Å²) in [5.74, 6) is -1.08. The molecular weight excluding hydrogens is 324 g/mol. The number of hydrogen-bond acceptors (Lipinski definition) is 9. The lowest BCUT2D eigenvalue weighted by Crippen LogP contribution is -1.90. The van der Waals surface area contributed by atoms with Gasteiger partial charge in [0.1, 0.15) is 28.7 Å².